The quantitative estimate of drug-likeness (QED) is 0.507. The Hall–Kier alpha value is -3.95. The lowest BCUT2D eigenvalue weighted by Crippen LogP contribution is -2.38. The minimum atomic E-state index is -4.52. The van der Waals surface area contributed by atoms with Crippen molar-refractivity contribution in [3.63, 3.8) is 0 Å². The third-order valence-corrected chi connectivity index (χ3v) is 4.53. The van der Waals surface area contributed by atoms with Crippen LogP contribution in [0.25, 0.3) is 0 Å². The van der Waals surface area contributed by atoms with Crippen molar-refractivity contribution in [2.75, 3.05) is 22.6 Å². The van der Waals surface area contributed by atoms with E-state index in [1.165, 1.54) is 36.5 Å². The van der Waals surface area contributed by atoms with Crippen molar-refractivity contribution >= 4 is 23.1 Å². The molecule has 0 saturated carbocycles. The zero-order valence-electron chi connectivity index (χ0n) is 17.2. The molecule has 2 unspecified atom stereocenters. The molecule has 3 heterocycles. The lowest BCUT2D eigenvalue weighted by Gasteiger charge is -2.26. The highest BCUT2D eigenvalue weighted by Gasteiger charge is 2.36. The number of anilines is 4. The summed E-state index contributed by atoms with van der Waals surface area (Å²) in [6, 6.07) is 8.03. The van der Waals surface area contributed by atoms with E-state index in [0.717, 1.165) is 0 Å². The van der Waals surface area contributed by atoms with Gasteiger partial charge in [-0.15, -0.1) is 0 Å². The van der Waals surface area contributed by atoms with Crippen LogP contribution in [0, 0.1) is 11.8 Å². The predicted octanol–water partition coefficient (Wildman–Crippen LogP) is 2.53. The first-order valence-electron chi connectivity index (χ1n) is 9.62. The van der Waals surface area contributed by atoms with Gasteiger partial charge in [0.05, 0.1) is 11.4 Å². The molecule has 0 bridgehead atoms. The van der Waals surface area contributed by atoms with E-state index in [4.69, 9.17) is 10.5 Å². The van der Waals surface area contributed by atoms with Crippen molar-refractivity contribution in [3.8, 4) is 11.8 Å². The largest absolute Gasteiger partial charge is 0.411 e. The lowest BCUT2D eigenvalue weighted by molar-refractivity contribution is -0.181. The standard InChI is InChI=1S/C21H18F3N7O2/c1-20(32,17-26-8-2-9-27-17)7-5-13-3-4-14-15(11-13)31(16-6-10-28-18(25)30-16)19(29-14)33-12-21(22,23)24/h2-4,6,8-11,19,29,32H,12H2,1H3,(H2,25,28,30). The molecule has 0 amide bonds. The zero-order valence-corrected chi connectivity index (χ0v) is 17.2. The average molecular weight is 457 g/mol. The SMILES string of the molecule is CC(O)(C#Cc1ccc2c(c1)N(c1ccnc(N)n1)C(OCC(F)(F)F)N2)c1ncccn1. The van der Waals surface area contributed by atoms with E-state index in [9.17, 15) is 18.3 Å². The van der Waals surface area contributed by atoms with Crippen molar-refractivity contribution in [2.45, 2.75) is 25.1 Å². The monoisotopic (exact) mass is 457 g/mol. The van der Waals surface area contributed by atoms with Crippen molar-refractivity contribution in [1.29, 1.82) is 0 Å². The summed E-state index contributed by atoms with van der Waals surface area (Å²) >= 11 is 0. The Balaban J connectivity index is 1.68. The number of hydrogen-bond donors (Lipinski definition) is 3. The topological polar surface area (TPSA) is 122 Å². The molecule has 0 saturated heterocycles. The van der Waals surface area contributed by atoms with E-state index in [2.05, 4.69) is 37.1 Å². The minimum absolute atomic E-state index is 0.0506. The summed E-state index contributed by atoms with van der Waals surface area (Å²) < 4.78 is 43.4. The number of nitrogens with one attached hydrogen (secondary N) is 1. The molecule has 3 aromatic rings. The second-order valence-electron chi connectivity index (χ2n) is 7.19. The number of hydrogen-bond acceptors (Lipinski definition) is 9. The van der Waals surface area contributed by atoms with Gasteiger partial charge in [-0.2, -0.15) is 18.2 Å². The number of alkyl halides is 3. The summed E-state index contributed by atoms with van der Waals surface area (Å²) in [5, 5.41) is 13.5. The number of aromatic nitrogens is 4. The first kappa shape index (κ1) is 22.3. The number of nitrogens with two attached hydrogens (primary N) is 1. The van der Waals surface area contributed by atoms with Gasteiger partial charge >= 0.3 is 6.18 Å². The van der Waals surface area contributed by atoms with Crippen molar-refractivity contribution < 1.29 is 23.0 Å². The maximum atomic E-state index is 12.8. The molecule has 0 spiro atoms. The molecule has 2 aromatic heterocycles. The number of nitrogen functional groups attached to an aromatic ring is 1. The zero-order chi connectivity index (χ0) is 23.6. The van der Waals surface area contributed by atoms with Gasteiger partial charge in [-0.05, 0) is 37.3 Å². The molecular formula is C21H18F3N7O2. The number of aliphatic hydroxyl groups is 1. The molecule has 9 nitrogen and oxygen atoms in total. The number of nitrogens with zero attached hydrogens (tertiary/aromatic N) is 5. The number of fused-ring (bicyclic) bond motifs is 1. The molecule has 2 atom stereocenters. The molecule has 1 aliphatic heterocycles. The Bertz CT molecular complexity index is 1210. The van der Waals surface area contributed by atoms with Crippen LogP contribution in [0.5, 0.6) is 0 Å². The maximum absolute atomic E-state index is 12.8. The van der Waals surface area contributed by atoms with Crippen LogP contribution in [0.1, 0.15) is 18.3 Å². The normalized spacial score (nSPS) is 16.9. The van der Waals surface area contributed by atoms with E-state index in [1.807, 2.05) is 0 Å². The molecule has 0 radical (unpaired) electrons. The fourth-order valence-electron chi connectivity index (χ4n) is 3.09. The van der Waals surface area contributed by atoms with E-state index in [0.29, 0.717) is 16.9 Å². The maximum Gasteiger partial charge on any atom is 0.411 e. The van der Waals surface area contributed by atoms with E-state index in [1.54, 1.807) is 24.3 Å². The van der Waals surface area contributed by atoms with Gasteiger partial charge in [0, 0.05) is 24.2 Å². The third-order valence-electron chi connectivity index (χ3n) is 4.53. The van der Waals surface area contributed by atoms with Gasteiger partial charge in [0.1, 0.15) is 12.4 Å². The Morgan fingerprint density at radius 1 is 1.18 bits per heavy atom. The lowest BCUT2D eigenvalue weighted by atomic mass is 10.1. The van der Waals surface area contributed by atoms with E-state index in [-0.39, 0.29) is 17.6 Å². The average Bonchev–Trinajstić information content (AvgIpc) is 3.14. The van der Waals surface area contributed by atoms with Gasteiger partial charge in [-0.1, -0.05) is 11.8 Å². The van der Waals surface area contributed by atoms with Crippen LogP contribution in [-0.4, -0.2) is 44.2 Å². The molecule has 12 heteroatoms. The highest BCUT2D eigenvalue weighted by Crippen LogP contribution is 2.40. The van der Waals surface area contributed by atoms with Crippen LogP contribution < -0.4 is 16.0 Å². The van der Waals surface area contributed by atoms with Gasteiger partial charge in [0.15, 0.2) is 11.4 Å². The summed E-state index contributed by atoms with van der Waals surface area (Å²) in [6.45, 7) is -0.0104. The molecule has 4 N–H and O–H groups in total. The number of halogens is 3. The number of rotatable bonds is 4. The van der Waals surface area contributed by atoms with Gasteiger partial charge in [-0.3, -0.25) is 4.90 Å². The molecule has 33 heavy (non-hydrogen) atoms. The van der Waals surface area contributed by atoms with Gasteiger partial charge < -0.3 is 20.9 Å². The third kappa shape index (κ3) is 5.11. The first-order valence-corrected chi connectivity index (χ1v) is 9.62. The van der Waals surface area contributed by atoms with E-state index >= 15 is 0 Å². The van der Waals surface area contributed by atoms with Crippen molar-refractivity contribution in [3.05, 3.63) is 60.3 Å². The molecule has 170 valence electrons. The van der Waals surface area contributed by atoms with Crippen LogP contribution in [0.15, 0.2) is 48.9 Å². The molecule has 1 aliphatic rings. The van der Waals surface area contributed by atoms with Gasteiger partial charge in [0.25, 0.3) is 0 Å². The van der Waals surface area contributed by atoms with Gasteiger partial charge in [0.2, 0.25) is 12.3 Å². The van der Waals surface area contributed by atoms with Crippen molar-refractivity contribution in [1.82, 2.24) is 19.9 Å². The molecule has 0 fully saturated rings. The summed E-state index contributed by atoms with van der Waals surface area (Å²) in [7, 11) is 0. The van der Waals surface area contributed by atoms with Crippen LogP contribution in [0.2, 0.25) is 0 Å². The second kappa shape index (κ2) is 8.53. The number of benzene rings is 1. The summed E-state index contributed by atoms with van der Waals surface area (Å²) in [5.41, 5.74) is 5.50. The predicted molar refractivity (Wildman–Crippen MR) is 113 cm³/mol. The van der Waals surface area contributed by atoms with Crippen LogP contribution in [-0.2, 0) is 10.3 Å². The summed E-state index contributed by atoms with van der Waals surface area (Å²) in [6.07, 6.45) is -1.34. The fraction of sp³-hybridized carbons (Fsp3) is 0.238. The van der Waals surface area contributed by atoms with E-state index < -0.39 is 24.7 Å². The van der Waals surface area contributed by atoms with Crippen LogP contribution in [0.4, 0.5) is 36.3 Å². The van der Waals surface area contributed by atoms with Crippen molar-refractivity contribution in [2.24, 2.45) is 0 Å². The Labute approximate surface area is 186 Å². The Morgan fingerprint density at radius 3 is 2.64 bits per heavy atom. The van der Waals surface area contributed by atoms with Gasteiger partial charge in [-0.25, -0.2) is 15.0 Å². The summed E-state index contributed by atoms with van der Waals surface area (Å²) in [5.74, 6) is 5.89. The Kier molecular flexibility index (Phi) is 5.75. The Morgan fingerprint density at radius 2 is 1.94 bits per heavy atom. The highest BCUT2D eigenvalue weighted by atomic mass is 19.4. The molecule has 0 aliphatic carbocycles. The molecule has 1 aromatic carbocycles. The highest BCUT2D eigenvalue weighted by molar-refractivity contribution is 5.82. The minimum Gasteiger partial charge on any atom is -0.371 e. The van der Waals surface area contributed by atoms with Crippen LogP contribution >= 0.6 is 0 Å². The number of ether oxygens (including phenoxy) is 1. The smallest absolute Gasteiger partial charge is 0.371 e. The second-order valence-corrected chi connectivity index (χ2v) is 7.19. The van der Waals surface area contributed by atoms with Crippen LogP contribution in [0.3, 0.4) is 0 Å². The fourth-order valence-corrected chi connectivity index (χ4v) is 3.09. The first-order chi connectivity index (χ1) is 15.6. The molecular weight excluding hydrogens is 439 g/mol. The summed E-state index contributed by atoms with van der Waals surface area (Å²) in [4.78, 5) is 17.4. The molecule has 4 rings (SSSR count).